The van der Waals surface area contributed by atoms with Crippen LogP contribution in [0.3, 0.4) is 0 Å². The van der Waals surface area contributed by atoms with Crippen molar-refractivity contribution >= 4 is 26.7 Å². The molecule has 0 aliphatic rings. The summed E-state index contributed by atoms with van der Waals surface area (Å²) in [5.74, 6) is 2.64. The van der Waals surface area contributed by atoms with E-state index >= 15 is 0 Å². The number of rotatable bonds is 3. The van der Waals surface area contributed by atoms with Crippen molar-refractivity contribution in [1.82, 2.24) is 0 Å². The zero-order valence-electron chi connectivity index (χ0n) is 7.31. The van der Waals surface area contributed by atoms with E-state index in [4.69, 9.17) is 6.42 Å². The van der Waals surface area contributed by atoms with E-state index in [1.807, 2.05) is 11.8 Å². The van der Waals surface area contributed by atoms with Crippen molar-refractivity contribution in [3.8, 4) is 12.3 Å². The van der Waals surface area contributed by atoms with E-state index < -0.39 is 0 Å². The normalized spacial score (nSPS) is 10.7. The van der Waals surface area contributed by atoms with E-state index in [9.17, 15) is 0 Å². The van der Waals surface area contributed by atoms with Gasteiger partial charge in [0, 0.05) is 0 Å². The summed E-state index contributed by atoms with van der Waals surface area (Å²) in [5, 5.41) is 0.870. The molecule has 0 aromatic rings. The molecule has 0 radical (unpaired) electrons. The summed E-state index contributed by atoms with van der Waals surface area (Å²) in [6, 6.07) is 0. The van der Waals surface area contributed by atoms with Gasteiger partial charge in [-0.2, -0.15) is 0 Å². The molecular formula is C9H14SSe. The van der Waals surface area contributed by atoms with Crippen LogP contribution >= 0.6 is 11.8 Å². The van der Waals surface area contributed by atoms with Crippen LogP contribution in [-0.4, -0.2) is 19.7 Å². The second kappa shape index (κ2) is 4.93. The fourth-order valence-electron chi connectivity index (χ4n) is 0.493. The van der Waals surface area contributed by atoms with Gasteiger partial charge in [-0.3, -0.25) is 0 Å². The first-order valence-corrected chi connectivity index (χ1v) is 6.28. The number of hydrogen-bond acceptors (Lipinski definition) is 1. The second-order valence-corrected chi connectivity index (χ2v) is 7.83. The topological polar surface area (TPSA) is 0 Å². The van der Waals surface area contributed by atoms with Gasteiger partial charge in [-0.25, -0.2) is 0 Å². The van der Waals surface area contributed by atoms with Gasteiger partial charge < -0.3 is 0 Å². The van der Waals surface area contributed by atoms with Gasteiger partial charge in [-0.05, 0) is 0 Å². The van der Waals surface area contributed by atoms with Gasteiger partial charge in [0.2, 0.25) is 0 Å². The van der Waals surface area contributed by atoms with Crippen molar-refractivity contribution in [2.24, 2.45) is 0 Å². The van der Waals surface area contributed by atoms with E-state index in [2.05, 4.69) is 33.3 Å². The number of terminal acetylenes is 1. The Kier molecular flexibility index (Phi) is 5.01. The summed E-state index contributed by atoms with van der Waals surface area (Å²) >= 11 is 2.26. The van der Waals surface area contributed by atoms with Crippen molar-refractivity contribution in [1.29, 1.82) is 0 Å². The third-order valence-electron chi connectivity index (χ3n) is 0.737. The first-order chi connectivity index (χ1) is 4.95. The van der Waals surface area contributed by atoms with Crippen LogP contribution in [0.5, 0.6) is 0 Å². The van der Waals surface area contributed by atoms with Crippen molar-refractivity contribution in [3.63, 3.8) is 0 Å². The van der Waals surface area contributed by atoms with Crippen LogP contribution in [-0.2, 0) is 0 Å². The van der Waals surface area contributed by atoms with Crippen LogP contribution in [0.15, 0.2) is 10.4 Å². The number of hydrogen-bond donors (Lipinski definition) is 0. The van der Waals surface area contributed by atoms with E-state index in [1.54, 1.807) is 0 Å². The molecular weight excluding hydrogens is 219 g/mol. The summed E-state index contributed by atoms with van der Waals surface area (Å²) < 4.78 is 1.54. The Morgan fingerprint density at radius 1 is 1.64 bits per heavy atom. The number of thioether (sulfide) groups is 1. The quantitative estimate of drug-likeness (QED) is 0.533. The van der Waals surface area contributed by atoms with Gasteiger partial charge in [0.1, 0.15) is 0 Å². The fourth-order valence-corrected chi connectivity index (χ4v) is 4.00. The molecule has 0 nitrogen and oxygen atoms in total. The summed E-state index contributed by atoms with van der Waals surface area (Å²) in [6.07, 6.45) is 5.16. The van der Waals surface area contributed by atoms with E-state index in [1.165, 1.54) is 3.80 Å². The molecule has 0 spiro atoms. The molecule has 11 heavy (non-hydrogen) atoms. The zero-order valence-corrected chi connectivity index (χ0v) is 9.84. The summed E-state index contributed by atoms with van der Waals surface area (Å²) in [4.78, 5) is 0. The van der Waals surface area contributed by atoms with Gasteiger partial charge in [-0.15, -0.1) is 0 Å². The average molecular weight is 233 g/mol. The average Bonchev–Trinajstić information content (AvgIpc) is 1.79. The Morgan fingerprint density at radius 3 is 2.55 bits per heavy atom. The molecule has 0 fully saturated rings. The molecule has 0 aromatic heterocycles. The van der Waals surface area contributed by atoms with Gasteiger partial charge >= 0.3 is 80.3 Å². The third kappa shape index (κ3) is 8.07. The predicted octanol–water partition coefficient (Wildman–Crippen LogP) is 2.75. The minimum absolute atomic E-state index is 0.285. The van der Waals surface area contributed by atoms with Gasteiger partial charge in [0.05, 0.1) is 0 Å². The van der Waals surface area contributed by atoms with Crippen molar-refractivity contribution in [2.45, 2.75) is 30.8 Å². The summed E-state index contributed by atoms with van der Waals surface area (Å²) in [7, 11) is 0. The molecule has 0 amide bonds. The van der Waals surface area contributed by atoms with E-state index in [0.29, 0.717) is 15.0 Å². The van der Waals surface area contributed by atoms with E-state index in [0.717, 1.165) is 5.32 Å². The molecule has 0 unspecified atom stereocenters. The molecule has 0 N–H and O–H groups in total. The standard InChI is InChI=1S/C9H14SSe/c1-6-7-11-8(2)10-9(3,4)5/h1H,2,7H2,3-5H3. The first kappa shape index (κ1) is 11.2. The van der Waals surface area contributed by atoms with E-state index in [-0.39, 0.29) is 4.75 Å². The Morgan fingerprint density at radius 2 is 2.18 bits per heavy atom. The van der Waals surface area contributed by atoms with Crippen molar-refractivity contribution in [3.05, 3.63) is 10.4 Å². The first-order valence-electron chi connectivity index (χ1n) is 3.40. The van der Waals surface area contributed by atoms with Crippen LogP contribution in [0.1, 0.15) is 20.8 Å². The molecule has 0 bridgehead atoms. The molecule has 0 saturated carbocycles. The van der Waals surface area contributed by atoms with Crippen molar-refractivity contribution in [2.75, 3.05) is 0 Å². The SMILES string of the molecule is C#CC[Se]C(=C)SC(C)(C)C. The molecule has 0 rings (SSSR count). The van der Waals surface area contributed by atoms with Gasteiger partial charge in [-0.1, -0.05) is 0 Å². The Hall–Kier alpha value is 0.169. The third-order valence-corrected chi connectivity index (χ3v) is 4.04. The predicted molar refractivity (Wildman–Crippen MR) is 55.9 cm³/mol. The molecule has 0 heterocycles. The Bertz CT molecular complexity index is 171. The minimum atomic E-state index is 0.285. The van der Waals surface area contributed by atoms with Crippen LogP contribution in [0.4, 0.5) is 0 Å². The van der Waals surface area contributed by atoms with Crippen LogP contribution in [0, 0.1) is 12.3 Å². The maximum atomic E-state index is 5.16. The monoisotopic (exact) mass is 234 g/mol. The fraction of sp³-hybridized carbons (Fsp3) is 0.556. The summed E-state index contributed by atoms with van der Waals surface area (Å²) in [6.45, 7) is 10.5. The van der Waals surface area contributed by atoms with Gasteiger partial charge in [0.25, 0.3) is 0 Å². The van der Waals surface area contributed by atoms with Crippen molar-refractivity contribution < 1.29 is 0 Å². The molecule has 0 aliphatic carbocycles. The zero-order chi connectivity index (χ0) is 8.91. The molecule has 0 aliphatic heterocycles. The Labute approximate surface area is 80.4 Å². The molecule has 0 saturated heterocycles. The molecule has 62 valence electrons. The Balaban J connectivity index is 3.64. The summed E-state index contributed by atoms with van der Waals surface area (Å²) in [5.41, 5.74) is 0. The van der Waals surface area contributed by atoms with Gasteiger partial charge in [0.15, 0.2) is 0 Å². The van der Waals surface area contributed by atoms with Crippen LogP contribution in [0.2, 0.25) is 5.32 Å². The van der Waals surface area contributed by atoms with Crippen LogP contribution < -0.4 is 0 Å². The molecule has 2 heteroatoms. The molecule has 0 atom stereocenters. The maximum absolute atomic E-state index is 5.16. The second-order valence-electron chi connectivity index (χ2n) is 3.08. The van der Waals surface area contributed by atoms with Crippen LogP contribution in [0.25, 0.3) is 0 Å². The molecule has 0 aromatic carbocycles.